The number of benzene rings is 3. The number of hydrogen-bond donors (Lipinski definition) is 1. The summed E-state index contributed by atoms with van der Waals surface area (Å²) in [4.78, 5) is 24.3. The van der Waals surface area contributed by atoms with Crippen LogP contribution in [0.5, 0.6) is 5.88 Å². The van der Waals surface area contributed by atoms with E-state index in [0.717, 1.165) is 12.1 Å². The predicted octanol–water partition coefficient (Wildman–Crippen LogP) is 6.22. The minimum absolute atomic E-state index is 0.0500. The molecule has 6 rings (SSSR count). The fourth-order valence-electron chi connectivity index (χ4n) is 4.99. The molecule has 3 aromatic carbocycles. The van der Waals surface area contributed by atoms with Crippen LogP contribution in [0.2, 0.25) is 0 Å². The van der Waals surface area contributed by atoms with Crippen molar-refractivity contribution in [3.63, 3.8) is 0 Å². The smallest absolute Gasteiger partial charge is 0.335 e. The van der Waals surface area contributed by atoms with Gasteiger partial charge in [0.25, 0.3) is 0 Å². The third-order valence-corrected chi connectivity index (χ3v) is 7.29. The predicted molar refractivity (Wildman–Crippen MR) is 159 cm³/mol. The molecule has 0 fully saturated rings. The van der Waals surface area contributed by atoms with Gasteiger partial charge in [0, 0.05) is 55.3 Å². The van der Waals surface area contributed by atoms with E-state index in [0.29, 0.717) is 41.3 Å². The van der Waals surface area contributed by atoms with Crippen LogP contribution in [0.15, 0.2) is 85.5 Å². The lowest BCUT2D eigenvalue weighted by Crippen LogP contribution is -2.10. The first kappa shape index (κ1) is 29.6. The molecule has 9 nitrogen and oxygen atoms in total. The lowest BCUT2D eigenvalue weighted by molar-refractivity contribution is 0.0697. The molecule has 12 heteroatoms. The Kier molecular flexibility index (Phi) is 8.30. The van der Waals surface area contributed by atoms with Crippen molar-refractivity contribution in [3.05, 3.63) is 125 Å². The number of carboxylic acid groups (broad SMARTS) is 1. The number of pyridine rings is 1. The van der Waals surface area contributed by atoms with Crippen LogP contribution in [0.4, 0.5) is 13.2 Å². The maximum Gasteiger partial charge on any atom is 0.335 e. The zero-order chi connectivity index (χ0) is 31.5. The van der Waals surface area contributed by atoms with Crippen molar-refractivity contribution in [3.8, 4) is 22.8 Å². The number of nitrogens with zero attached hydrogens (tertiary/aromatic N) is 5. The molecular weight excluding hydrogens is 587 g/mol. The van der Waals surface area contributed by atoms with Crippen LogP contribution in [0.1, 0.15) is 27.3 Å². The number of carbonyl (C=O) groups is 1. The number of ether oxygens (including phenoxy) is 2. The normalized spacial score (nSPS) is 11.3. The van der Waals surface area contributed by atoms with E-state index >= 15 is 8.78 Å². The van der Waals surface area contributed by atoms with E-state index in [-0.39, 0.29) is 41.3 Å². The molecule has 0 aliphatic rings. The topological polar surface area (TPSA) is 104 Å². The van der Waals surface area contributed by atoms with Crippen LogP contribution in [-0.4, -0.2) is 48.9 Å². The highest BCUT2D eigenvalue weighted by atomic mass is 19.1. The zero-order valence-corrected chi connectivity index (χ0v) is 24.0. The fourth-order valence-corrected chi connectivity index (χ4v) is 4.99. The molecule has 228 valence electrons. The number of imidazole rings is 2. The number of aromatic carboxylic acids is 1. The van der Waals surface area contributed by atoms with Crippen molar-refractivity contribution < 1.29 is 32.5 Å². The maximum atomic E-state index is 15.4. The summed E-state index contributed by atoms with van der Waals surface area (Å²) in [5.41, 5.74) is 2.19. The third-order valence-electron chi connectivity index (χ3n) is 7.29. The van der Waals surface area contributed by atoms with Crippen LogP contribution in [-0.2, 0) is 24.3 Å². The molecule has 0 saturated heterocycles. The summed E-state index contributed by atoms with van der Waals surface area (Å²) in [5.74, 6) is -2.39. The quantitative estimate of drug-likeness (QED) is 0.185. The Labute approximate surface area is 255 Å². The van der Waals surface area contributed by atoms with Crippen molar-refractivity contribution in [1.82, 2.24) is 24.1 Å². The maximum absolute atomic E-state index is 15.4. The Morgan fingerprint density at radius 3 is 2.53 bits per heavy atom. The number of aromatic nitrogens is 5. The molecule has 0 aliphatic carbocycles. The zero-order valence-electron chi connectivity index (χ0n) is 24.0. The summed E-state index contributed by atoms with van der Waals surface area (Å²) in [6, 6.07) is 16.0. The Bertz CT molecular complexity index is 2010. The van der Waals surface area contributed by atoms with Gasteiger partial charge in [-0.3, -0.25) is 0 Å². The van der Waals surface area contributed by atoms with Gasteiger partial charge in [-0.2, -0.15) is 0 Å². The first-order chi connectivity index (χ1) is 21.8. The molecular formula is C33H26F3N5O4. The van der Waals surface area contributed by atoms with Gasteiger partial charge in [0.2, 0.25) is 5.88 Å². The average Bonchev–Trinajstić information content (AvgIpc) is 3.69. The Morgan fingerprint density at radius 2 is 1.78 bits per heavy atom. The number of fused-ring (bicyclic) bond motifs is 1. The first-order valence-electron chi connectivity index (χ1n) is 13.9. The molecule has 0 amide bonds. The number of hydrogen-bond acceptors (Lipinski definition) is 6. The van der Waals surface area contributed by atoms with Crippen LogP contribution >= 0.6 is 0 Å². The van der Waals surface area contributed by atoms with Gasteiger partial charge < -0.3 is 23.7 Å². The standard InChI is InChI=1S/C33H26F3N5O4/c1-44-12-11-41-30-14-20(33(42)43)6-8-29(30)38-31(41)15-22-13-27(36)24(17-26(22)35)28-3-2-4-32(39-28)45-18-21-5-7-23(16-25(21)34)40-10-9-37-19-40/h2-10,13-14,16-17,19H,11-12,15,18H2,1H3,(H,42,43). The molecule has 45 heavy (non-hydrogen) atoms. The molecule has 0 spiro atoms. The highest BCUT2D eigenvalue weighted by molar-refractivity contribution is 5.92. The summed E-state index contributed by atoms with van der Waals surface area (Å²) < 4.78 is 59.9. The van der Waals surface area contributed by atoms with Crippen LogP contribution < -0.4 is 4.74 Å². The van der Waals surface area contributed by atoms with E-state index in [9.17, 15) is 14.3 Å². The van der Waals surface area contributed by atoms with E-state index in [4.69, 9.17) is 9.47 Å². The number of rotatable bonds is 11. The van der Waals surface area contributed by atoms with Gasteiger partial charge in [0.1, 0.15) is 29.9 Å². The van der Waals surface area contributed by atoms with Gasteiger partial charge in [-0.25, -0.2) is 32.9 Å². The molecule has 6 aromatic rings. The van der Waals surface area contributed by atoms with Gasteiger partial charge in [-0.1, -0.05) is 12.1 Å². The number of methoxy groups -OCH3 is 1. The third kappa shape index (κ3) is 6.27. The summed E-state index contributed by atoms with van der Waals surface area (Å²) in [7, 11) is 1.53. The van der Waals surface area contributed by atoms with Gasteiger partial charge in [-0.05, 0) is 54.1 Å². The molecule has 0 saturated carbocycles. The van der Waals surface area contributed by atoms with Gasteiger partial charge in [0.15, 0.2) is 0 Å². The molecule has 3 aromatic heterocycles. The van der Waals surface area contributed by atoms with E-state index in [1.54, 1.807) is 58.2 Å². The Morgan fingerprint density at radius 1 is 0.933 bits per heavy atom. The minimum Gasteiger partial charge on any atom is -0.478 e. The lowest BCUT2D eigenvalue weighted by Gasteiger charge is -2.12. The largest absolute Gasteiger partial charge is 0.478 e. The lowest BCUT2D eigenvalue weighted by atomic mass is 10.0. The Hall–Kier alpha value is -5.49. The van der Waals surface area contributed by atoms with Crippen molar-refractivity contribution in [1.29, 1.82) is 0 Å². The second-order valence-corrected chi connectivity index (χ2v) is 10.2. The van der Waals surface area contributed by atoms with E-state index < -0.39 is 23.4 Å². The van der Waals surface area contributed by atoms with Crippen LogP contribution in [0, 0.1) is 17.5 Å². The number of carboxylic acids is 1. The molecule has 3 heterocycles. The summed E-state index contributed by atoms with van der Waals surface area (Å²) >= 11 is 0. The van der Waals surface area contributed by atoms with Crippen LogP contribution in [0.25, 0.3) is 28.0 Å². The van der Waals surface area contributed by atoms with Crippen LogP contribution in [0.3, 0.4) is 0 Å². The molecule has 0 radical (unpaired) electrons. The van der Waals surface area contributed by atoms with E-state index in [1.165, 1.54) is 31.4 Å². The van der Waals surface area contributed by atoms with Crippen molar-refractivity contribution in [2.24, 2.45) is 0 Å². The van der Waals surface area contributed by atoms with Gasteiger partial charge >= 0.3 is 5.97 Å². The highest BCUT2D eigenvalue weighted by Crippen LogP contribution is 2.28. The number of halogens is 3. The fraction of sp³-hybridized carbons (Fsp3) is 0.152. The summed E-state index contributed by atoms with van der Waals surface area (Å²) in [6.07, 6.45) is 4.81. The first-order valence-corrected chi connectivity index (χ1v) is 13.9. The molecule has 0 aliphatic heterocycles. The summed E-state index contributed by atoms with van der Waals surface area (Å²) in [6.45, 7) is 0.516. The second-order valence-electron chi connectivity index (χ2n) is 10.2. The van der Waals surface area contributed by atoms with Crippen molar-refractivity contribution in [2.45, 2.75) is 19.6 Å². The SMILES string of the molecule is COCCn1c(Cc2cc(F)c(-c3cccc(OCc4ccc(-n5ccnc5)cc4F)n3)cc2F)nc2ccc(C(=O)O)cc21. The van der Waals surface area contributed by atoms with Gasteiger partial charge in [-0.15, -0.1) is 0 Å². The van der Waals surface area contributed by atoms with Crippen molar-refractivity contribution >= 4 is 17.0 Å². The molecule has 1 N–H and O–H groups in total. The Balaban J connectivity index is 1.22. The molecule has 0 atom stereocenters. The minimum atomic E-state index is -1.09. The second kappa shape index (κ2) is 12.6. The molecule has 0 unspecified atom stereocenters. The highest BCUT2D eigenvalue weighted by Gasteiger charge is 2.19. The monoisotopic (exact) mass is 613 g/mol. The average molecular weight is 614 g/mol. The van der Waals surface area contributed by atoms with E-state index in [2.05, 4.69) is 15.0 Å². The van der Waals surface area contributed by atoms with Gasteiger partial charge in [0.05, 0.1) is 35.2 Å². The molecule has 0 bridgehead atoms. The van der Waals surface area contributed by atoms with Crippen molar-refractivity contribution in [2.75, 3.05) is 13.7 Å². The van der Waals surface area contributed by atoms with E-state index in [1.807, 2.05) is 0 Å². The summed E-state index contributed by atoms with van der Waals surface area (Å²) in [5, 5.41) is 9.41.